The van der Waals surface area contributed by atoms with Gasteiger partial charge in [-0.2, -0.15) is 0 Å². The molecule has 0 aromatic carbocycles. The van der Waals surface area contributed by atoms with E-state index in [0.29, 0.717) is 13.0 Å². The number of amides is 1. The molecule has 0 aliphatic carbocycles. The number of nitrogens with two attached hydrogens (primary N) is 1. The van der Waals surface area contributed by atoms with Gasteiger partial charge in [0.05, 0.1) is 7.11 Å². The fourth-order valence-corrected chi connectivity index (χ4v) is 1.42. The van der Waals surface area contributed by atoms with Crippen molar-refractivity contribution < 1.29 is 14.3 Å². The zero-order valence-electron chi connectivity index (χ0n) is 7.99. The molecule has 82 valence electrons. The number of methoxy groups -OCH3 is 1. The minimum Gasteiger partial charge on any atom is -0.468 e. The summed E-state index contributed by atoms with van der Waals surface area (Å²) in [6.45, 7) is 0.678. The van der Waals surface area contributed by atoms with E-state index in [4.69, 9.17) is 5.73 Å². The Kier molecular flexibility index (Phi) is 5.49. The highest BCUT2D eigenvalue weighted by atomic mass is 35.5. The molecule has 0 bridgehead atoms. The third kappa shape index (κ3) is 3.16. The van der Waals surface area contributed by atoms with Crippen molar-refractivity contribution in [3.8, 4) is 0 Å². The molecule has 0 radical (unpaired) electrons. The molecule has 1 heterocycles. The fourth-order valence-electron chi connectivity index (χ4n) is 1.42. The molecular weight excluding hydrogens is 208 g/mol. The van der Waals surface area contributed by atoms with Crippen molar-refractivity contribution in [1.82, 2.24) is 5.32 Å². The maximum Gasteiger partial charge on any atom is 0.322 e. The molecule has 0 aromatic rings. The van der Waals surface area contributed by atoms with Gasteiger partial charge in [-0.15, -0.1) is 12.4 Å². The molecule has 0 saturated carbocycles. The van der Waals surface area contributed by atoms with Gasteiger partial charge in [0.1, 0.15) is 6.04 Å². The molecule has 1 fully saturated rings. The van der Waals surface area contributed by atoms with Crippen molar-refractivity contribution in [2.75, 3.05) is 13.7 Å². The van der Waals surface area contributed by atoms with Gasteiger partial charge in [-0.25, -0.2) is 0 Å². The molecule has 0 unspecified atom stereocenters. The van der Waals surface area contributed by atoms with E-state index in [2.05, 4.69) is 10.1 Å². The number of halogens is 1. The van der Waals surface area contributed by atoms with Gasteiger partial charge in [-0.3, -0.25) is 9.59 Å². The predicted molar refractivity (Wildman–Crippen MR) is 53.0 cm³/mol. The lowest BCUT2D eigenvalue weighted by Crippen LogP contribution is -2.35. The summed E-state index contributed by atoms with van der Waals surface area (Å²) in [7, 11) is 1.29. The summed E-state index contributed by atoms with van der Waals surface area (Å²) in [6.07, 6.45) is 1.13. The van der Waals surface area contributed by atoms with Crippen LogP contribution in [0.3, 0.4) is 0 Å². The highest BCUT2D eigenvalue weighted by Crippen LogP contribution is 2.15. The molecule has 3 N–H and O–H groups in total. The van der Waals surface area contributed by atoms with Crippen LogP contribution < -0.4 is 11.1 Å². The largest absolute Gasteiger partial charge is 0.468 e. The first-order valence-electron chi connectivity index (χ1n) is 4.26. The molecule has 1 saturated heterocycles. The van der Waals surface area contributed by atoms with Crippen molar-refractivity contribution >= 4 is 24.3 Å². The third-order valence-corrected chi connectivity index (χ3v) is 2.21. The van der Waals surface area contributed by atoms with Crippen molar-refractivity contribution in [1.29, 1.82) is 0 Å². The first-order valence-corrected chi connectivity index (χ1v) is 4.26. The number of carbonyl (C=O) groups is 2. The summed E-state index contributed by atoms with van der Waals surface area (Å²) in [5, 5.41) is 2.69. The number of hydrogen-bond donors (Lipinski definition) is 2. The van der Waals surface area contributed by atoms with Crippen LogP contribution in [0.1, 0.15) is 12.8 Å². The van der Waals surface area contributed by atoms with Crippen LogP contribution in [-0.4, -0.2) is 31.6 Å². The molecule has 0 spiro atoms. The number of esters is 1. The van der Waals surface area contributed by atoms with Crippen LogP contribution in [-0.2, 0) is 14.3 Å². The number of hydrogen-bond acceptors (Lipinski definition) is 4. The molecule has 0 aromatic heterocycles. The summed E-state index contributed by atoms with van der Waals surface area (Å²) in [5.74, 6) is -0.604. The summed E-state index contributed by atoms with van der Waals surface area (Å²) in [5.41, 5.74) is 5.52. The lowest BCUT2D eigenvalue weighted by atomic mass is 9.99. The average Bonchev–Trinajstić information content (AvgIpc) is 2.50. The van der Waals surface area contributed by atoms with E-state index >= 15 is 0 Å². The molecule has 1 aliphatic rings. The monoisotopic (exact) mass is 222 g/mol. The molecule has 1 amide bonds. The zero-order chi connectivity index (χ0) is 9.84. The van der Waals surface area contributed by atoms with Gasteiger partial charge in [0.25, 0.3) is 0 Å². The van der Waals surface area contributed by atoms with Gasteiger partial charge in [0, 0.05) is 12.5 Å². The average molecular weight is 223 g/mol. The third-order valence-electron chi connectivity index (χ3n) is 2.21. The van der Waals surface area contributed by atoms with Gasteiger partial charge in [-0.05, 0) is 12.8 Å². The summed E-state index contributed by atoms with van der Waals surface area (Å²) >= 11 is 0. The van der Waals surface area contributed by atoms with E-state index < -0.39 is 12.0 Å². The van der Waals surface area contributed by atoms with Crippen molar-refractivity contribution in [3.63, 3.8) is 0 Å². The van der Waals surface area contributed by atoms with Crippen LogP contribution in [0, 0.1) is 5.92 Å². The normalized spacial score (nSPS) is 22.1. The minimum atomic E-state index is -0.682. The quantitative estimate of drug-likeness (QED) is 0.627. The Labute approximate surface area is 88.8 Å². The van der Waals surface area contributed by atoms with Crippen LogP contribution in [0.2, 0.25) is 0 Å². The molecule has 14 heavy (non-hydrogen) atoms. The number of nitrogens with one attached hydrogen (secondary N) is 1. The zero-order valence-corrected chi connectivity index (χ0v) is 8.80. The Hall–Kier alpha value is -0.810. The number of rotatable bonds is 3. The minimum absolute atomic E-state index is 0. The molecule has 2 atom stereocenters. The van der Waals surface area contributed by atoms with Gasteiger partial charge in [0.15, 0.2) is 0 Å². The van der Waals surface area contributed by atoms with E-state index in [9.17, 15) is 9.59 Å². The fraction of sp³-hybridized carbons (Fsp3) is 0.750. The van der Waals surface area contributed by atoms with Crippen molar-refractivity contribution in [3.05, 3.63) is 0 Å². The Morgan fingerprint density at radius 3 is 2.86 bits per heavy atom. The van der Waals surface area contributed by atoms with Crippen LogP contribution in [0.25, 0.3) is 0 Å². The maximum atomic E-state index is 11.1. The Balaban J connectivity index is 0.00000169. The molecule has 5 nitrogen and oxygen atoms in total. The van der Waals surface area contributed by atoms with Gasteiger partial charge >= 0.3 is 5.97 Å². The van der Waals surface area contributed by atoms with E-state index in [1.54, 1.807) is 0 Å². The van der Waals surface area contributed by atoms with Crippen LogP contribution in [0.5, 0.6) is 0 Å². The van der Waals surface area contributed by atoms with E-state index in [0.717, 1.165) is 6.42 Å². The smallest absolute Gasteiger partial charge is 0.322 e. The molecule has 6 heteroatoms. The lowest BCUT2D eigenvalue weighted by Gasteiger charge is -2.11. The SMILES string of the molecule is COC(=O)[C@H](N)C[C@@H]1CCNC1=O.Cl. The van der Waals surface area contributed by atoms with E-state index in [-0.39, 0.29) is 24.2 Å². The van der Waals surface area contributed by atoms with Gasteiger partial charge in [-0.1, -0.05) is 0 Å². The second-order valence-corrected chi connectivity index (χ2v) is 3.14. The first kappa shape index (κ1) is 13.2. The highest BCUT2D eigenvalue weighted by Gasteiger charge is 2.28. The summed E-state index contributed by atoms with van der Waals surface area (Å²) in [6, 6.07) is -0.682. The second kappa shape index (κ2) is 5.82. The van der Waals surface area contributed by atoms with Gasteiger partial charge in [0.2, 0.25) is 5.91 Å². The van der Waals surface area contributed by atoms with E-state index in [1.165, 1.54) is 7.11 Å². The van der Waals surface area contributed by atoms with E-state index in [1.807, 2.05) is 0 Å². The Bertz CT molecular complexity index is 223. The van der Waals surface area contributed by atoms with Crippen molar-refractivity contribution in [2.24, 2.45) is 11.7 Å². The Morgan fingerprint density at radius 1 is 1.79 bits per heavy atom. The topological polar surface area (TPSA) is 81.4 Å². The lowest BCUT2D eigenvalue weighted by molar-refractivity contribution is -0.142. The van der Waals surface area contributed by atoms with Crippen LogP contribution >= 0.6 is 12.4 Å². The number of ether oxygens (including phenoxy) is 1. The van der Waals surface area contributed by atoms with Crippen molar-refractivity contribution in [2.45, 2.75) is 18.9 Å². The summed E-state index contributed by atoms with van der Waals surface area (Å²) < 4.78 is 4.46. The van der Waals surface area contributed by atoms with Gasteiger partial charge < -0.3 is 15.8 Å². The molecular formula is C8H15ClN2O3. The summed E-state index contributed by atoms with van der Waals surface area (Å²) in [4.78, 5) is 22.0. The predicted octanol–water partition coefficient (Wildman–Crippen LogP) is -0.565. The maximum absolute atomic E-state index is 11.1. The van der Waals surface area contributed by atoms with Crippen LogP contribution in [0.4, 0.5) is 0 Å². The second-order valence-electron chi connectivity index (χ2n) is 3.14. The molecule has 1 aliphatic heterocycles. The Morgan fingerprint density at radius 2 is 2.43 bits per heavy atom. The first-order chi connectivity index (χ1) is 6.15. The standard InChI is InChI=1S/C8H14N2O3.ClH/c1-13-8(12)6(9)4-5-2-3-10-7(5)11;/h5-6H,2-4,9H2,1H3,(H,10,11);1H/t5-,6+;/m0./s1. The number of carbonyl (C=O) groups excluding carboxylic acids is 2. The highest BCUT2D eigenvalue weighted by molar-refractivity contribution is 5.85. The van der Waals surface area contributed by atoms with Crippen LogP contribution in [0.15, 0.2) is 0 Å². The molecule has 1 rings (SSSR count).